The third kappa shape index (κ3) is 3.49. The van der Waals surface area contributed by atoms with E-state index in [9.17, 15) is 9.67 Å². The zero-order valence-corrected chi connectivity index (χ0v) is 10.5. The molecule has 17 heavy (non-hydrogen) atoms. The lowest BCUT2D eigenvalue weighted by Gasteiger charge is -2.11. The quantitative estimate of drug-likeness (QED) is 0.433. The molecule has 1 rings (SSSR count). The molecule has 1 heterocycles. The number of hydrogen-bond donors (Lipinski definition) is 4. The van der Waals surface area contributed by atoms with Crippen LogP contribution in [0.5, 0.6) is 5.75 Å². The van der Waals surface area contributed by atoms with Gasteiger partial charge in [0.05, 0.1) is 12.2 Å². The zero-order chi connectivity index (χ0) is 13.2. The lowest BCUT2D eigenvalue weighted by molar-refractivity contribution is -0.678. The summed E-state index contributed by atoms with van der Waals surface area (Å²) < 4.78 is 16.6. The topological polar surface area (TPSA) is 117 Å². The van der Waals surface area contributed by atoms with Crippen molar-refractivity contribution in [3.05, 3.63) is 23.0 Å². The number of nitrogens with zero attached hydrogens (tertiary/aromatic N) is 1. The average Bonchev–Trinajstić information content (AvgIpc) is 2.22. The van der Waals surface area contributed by atoms with Gasteiger partial charge in [0.2, 0.25) is 5.69 Å². The van der Waals surface area contributed by atoms with Gasteiger partial charge in [0.25, 0.3) is 0 Å². The molecule has 0 aromatic carbocycles. The number of phosphoric ester groups is 1. The molecular formula is C9H16N2O5P+. The van der Waals surface area contributed by atoms with Crippen molar-refractivity contribution in [2.45, 2.75) is 20.1 Å². The Morgan fingerprint density at radius 3 is 2.59 bits per heavy atom. The molecule has 0 spiro atoms. The predicted octanol–water partition coefficient (Wildman–Crippen LogP) is -0.407. The number of phosphoric acid groups is 1. The fraction of sp³-hybridized carbons (Fsp3) is 0.444. The van der Waals surface area contributed by atoms with Crippen molar-refractivity contribution in [3.63, 3.8) is 0 Å². The van der Waals surface area contributed by atoms with Crippen molar-refractivity contribution >= 4 is 7.82 Å². The second kappa shape index (κ2) is 5.12. The molecule has 0 saturated carbocycles. The van der Waals surface area contributed by atoms with Crippen LogP contribution in [0.1, 0.15) is 16.8 Å². The number of aromatic hydroxyl groups is 1. The highest BCUT2D eigenvalue weighted by molar-refractivity contribution is 7.46. The first kappa shape index (κ1) is 14.1. The lowest BCUT2D eigenvalue weighted by atomic mass is 10.1. The number of pyridine rings is 1. The molecule has 5 N–H and O–H groups in total. The summed E-state index contributed by atoms with van der Waals surface area (Å²) in [6.07, 6.45) is 1.62. The Bertz CT molecular complexity index is 471. The standard InChI is InChI=1S/C9H15N2O5P/c1-6-9(12)8(3-10)7(4-11(6)2)5-16-17(13,14)15/h4H,3,5,10H2,1-2H3,(H2-,12,13,14,15)/p+1. The minimum absolute atomic E-state index is 0.0156. The molecule has 7 nitrogen and oxygen atoms in total. The van der Waals surface area contributed by atoms with E-state index < -0.39 is 7.82 Å². The van der Waals surface area contributed by atoms with Gasteiger partial charge in [-0.1, -0.05) is 0 Å². The highest BCUT2D eigenvalue weighted by Gasteiger charge is 2.21. The number of hydrogen-bond acceptors (Lipinski definition) is 4. The molecule has 0 aliphatic heterocycles. The molecule has 1 aromatic rings. The summed E-state index contributed by atoms with van der Waals surface area (Å²) in [5, 5.41) is 9.84. The Kier molecular flexibility index (Phi) is 4.24. The molecule has 8 heteroatoms. The van der Waals surface area contributed by atoms with Crippen LogP contribution < -0.4 is 10.3 Å². The van der Waals surface area contributed by atoms with E-state index >= 15 is 0 Å². The fourth-order valence-corrected chi connectivity index (χ4v) is 1.76. The van der Waals surface area contributed by atoms with E-state index in [-0.39, 0.29) is 18.9 Å². The summed E-state index contributed by atoms with van der Waals surface area (Å²) in [4.78, 5) is 17.2. The van der Waals surface area contributed by atoms with Gasteiger partial charge in [-0.3, -0.25) is 4.52 Å². The third-order valence-corrected chi connectivity index (χ3v) is 2.95. The molecule has 0 bridgehead atoms. The van der Waals surface area contributed by atoms with E-state index in [0.717, 1.165) is 0 Å². The first-order chi connectivity index (χ1) is 7.76. The van der Waals surface area contributed by atoms with E-state index in [0.29, 0.717) is 16.8 Å². The molecule has 0 aliphatic rings. The van der Waals surface area contributed by atoms with Crippen LogP contribution in [0.15, 0.2) is 6.20 Å². The van der Waals surface area contributed by atoms with Crippen molar-refractivity contribution in [2.24, 2.45) is 12.8 Å². The first-order valence-corrected chi connectivity index (χ1v) is 6.39. The molecule has 0 radical (unpaired) electrons. The van der Waals surface area contributed by atoms with Gasteiger partial charge in [-0.05, 0) is 0 Å². The van der Waals surface area contributed by atoms with Gasteiger partial charge in [0.15, 0.2) is 11.9 Å². The maximum Gasteiger partial charge on any atom is 0.469 e. The zero-order valence-electron chi connectivity index (χ0n) is 9.62. The molecule has 0 unspecified atom stereocenters. The lowest BCUT2D eigenvalue weighted by Crippen LogP contribution is -2.33. The van der Waals surface area contributed by atoms with Crippen molar-refractivity contribution < 1.29 is 28.5 Å². The molecule has 0 aliphatic carbocycles. The van der Waals surface area contributed by atoms with Gasteiger partial charge in [-0.25, -0.2) is 9.13 Å². The highest BCUT2D eigenvalue weighted by atomic mass is 31.2. The minimum Gasteiger partial charge on any atom is -0.502 e. The highest BCUT2D eigenvalue weighted by Crippen LogP contribution is 2.37. The molecule has 0 saturated heterocycles. The van der Waals surface area contributed by atoms with E-state index in [2.05, 4.69) is 4.52 Å². The molecule has 0 atom stereocenters. The maximum absolute atomic E-state index is 10.6. The van der Waals surface area contributed by atoms with Crippen LogP contribution in [0.4, 0.5) is 0 Å². The Hall–Kier alpha value is -0.980. The van der Waals surface area contributed by atoms with Crippen LogP contribution >= 0.6 is 7.82 Å². The minimum atomic E-state index is -4.54. The molecular weight excluding hydrogens is 247 g/mol. The SMILES string of the molecule is Cc1c(O)c(CN)c(COP(=O)(O)O)c[n+]1C. The number of nitrogens with two attached hydrogens (primary N) is 1. The summed E-state index contributed by atoms with van der Waals surface area (Å²) in [7, 11) is -2.83. The summed E-state index contributed by atoms with van der Waals surface area (Å²) in [5.41, 5.74) is 6.98. The summed E-state index contributed by atoms with van der Waals surface area (Å²) in [6.45, 7) is 1.47. The molecule has 1 aromatic heterocycles. The Morgan fingerprint density at radius 1 is 1.53 bits per heavy atom. The van der Waals surface area contributed by atoms with Gasteiger partial charge < -0.3 is 20.6 Å². The summed E-state index contributed by atoms with van der Waals surface area (Å²) in [6, 6.07) is 0. The Balaban J connectivity index is 3.11. The van der Waals surface area contributed by atoms with Crippen LogP contribution in [-0.2, 0) is 29.3 Å². The Labute approximate surface area is 98.7 Å². The maximum atomic E-state index is 10.6. The average molecular weight is 263 g/mol. The molecule has 96 valence electrons. The van der Waals surface area contributed by atoms with Crippen LogP contribution in [-0.4, -0.2) is 14.9 Å². The largest absolute Gasteiger partial charge is 0.502 e. The fourth-order valence-electron chi connectivity index (χ4n) is 1.45. The van der Waals surface area contributed by atoms with Crippen molar-refractivity contribution in [3.8, 4) is 5.75 Å². The number of rotatable bonds is 4. The van der Waals surface area contributed by atoms with Crippen LogP contribution in [0, 0.1) is 6.92 Å². The third-order valence-electron chi connectivity index (χ3n) is 2.49. The first-order valence-electron chi connectivity index (χ1n) is 4.86. The smallest absolute Gasteiger partial charge is 0.469 e. The molecule has 0 amide bonds. The number of aromatic nitrogens is 1. The van der Waals surface area contributed by atoms with Gasteiger partial charge in [-0.2, -0.15) is 0 Å². The van der Waals surface area contributed by atoms with Crippen LogP contribution in [0.3, 0.4) is 0 Å². The normalized spacial score (nSPS) is 11.8. The predicted molar refractivity (Wildman–Crippen MR) is 58.7 cm³/mol. The van der Waals surface area contributed by atoms with Gasteiger partial charge >= 0.3 is 7.82 Å². The van der Waals surface area contributed by atoms with Crippen LogP contribution in [0.25, 0.3) is 0 Å². The van der Waals surface area contributed by atoms with E-state index in [1.165, 1.54) is 0 Å². The second-order valence-corrected chi connectivity index (χ2v) is 4.89. The van der Waals surface area contributed by atoms with Gasteiger partial charge in [0, 0.05) is 19.0 Å². The number of aryl methyl sites for hydroxylation is 1. The molecule has 0 fully saturated rings. The summed E-state index contributed by atoms with van der Waals surface area (Å²) >= 11 is 0. The monoisotopic (exact) mass is 263 g/mol. The van der Waals surface area contributed by atoms with Gasteiger partial charge in [0.1, 0.15) is 7.05 Å². The van der Waals surface area contributed by atoms with Gasteiger partial charge in [-0.15, -0.1) is 0 Å². The second-order valence-electron chi connectivity index (χ2n) is 3.65. The van der Waals surface area contributed by atoms with E-state index in [1.54, 1.807) is 24.7 Å². The van der Waals surface area contributed by atoms with Crippen molar-refractivity contribution in [1.29, 1.82) is 0 Å². The summed E-state index contributed by atoms with van der Waals surface area (Å²) in [5.74, 6) is 0.0156. The van der Waals surface area contributed by atoms with Crippen molar-refractivity contribution in [2.75, 3.05) is 0 Å². The van der Waals surface area contributed by atoms with E-state index in [4.69, 9.17) is 15.5 Å². The van der Waals surface area contributed by atoms with Crippen LogP contribution in [0.2, 0.25) is 0 Å². The van der Waals surface area contributed by atoms with E-state index in [1.807, 2.05) is 0 Å². The van der Waals surface area contributed by atoms with Crippen molar-refractivity contribution in [1.82, 2.24) is 0 Å². The Morgan fingerprint density at radius 2 is 2.12 bits per heavy atom.